The van der Waals surface area contributed by atoms with Gasteiger partial charge in [-0.05, 0) is 142 Å². The summed E-state index contributed by atoms with van der Waals surface area (Å²) in [5.41, 5.74) is 3.61. The van der Waals surface area contributed by atoms with Gasteiger partial charge < -0.3 is 48.4 Å². The summed E-state index contributed by atoms with van der Waals surface area (Å²) < 4.78 is 38.1. The number of nitrogens with zero attached hydrogens (tertiary/aromatic N) is 3. The molecule has 0 radical (unpaired) electrons. The molecule has 0 unspecified atom stereocenters. The highest BCUT2D eigenvalue weighted by atomic mass is 16.7. The van der Waals surface area contributed by atoms with Gasteiger partial charge in [-0.2, -0.15) is 5.26 Å². The Labute approximate surface area is 403 Å². The molecule has 2 N–H and O–H groups in total. The number of benzene rings is 4. The summed E-state index contributed by atoms with van der Waals surface area (Å²) in [5.74, 6) is 0.240. The number of unbranched alkanes of at least 4 members (excludes halogenated alkanes) is 2. The highest BCUT2D eigenvalue weighted by Crippen LogP contribution is 2.62. The number of allylic oxidation sites excluding steroid dienone is 1. The van der Waals surface area contributed by atoms with Crippen LogP contribution in [0.3, 0.4) is 0 Å². The number of aliphatic hydroxyl groups excluding tert-OH is 2. The molecular weight excluding hydrogens is 879 g/mol. The molecule has 4 aliphatic rings. The van der Waals surface area contributed by atoms with Gasteiger partial charge >= 0.3 is 0 Å². The second-order valence-electron chi connectivity index (χ2n) is 18.9. The summed E-state index contributed by atoms with van der Waals surface area (Å²) in [4.78, 5) is 35.7. The van der Waals surface area contributed by atoms with Gasteiger partial charge in [0.05, 0.1) is 42.5 Å². The fourth-order valence-electron chi connectivity index (χ4n) is 10.3. The van der Waals surface area contributed by atoms with Crippen LogP contribution in [-0.4, -0.2) is 84.2 Å². The van der Waals surface area contributed by atoms with Gasteiger partial charge in [-0.1, -0.05) is 36.2 Å². The standard InChI is InChI=1S/C55H61N3O11/c1-6-25-66-55-50(58(53(62)37-16-13-35(31-56)14-17-37)32-36-15-20-48-49(26-36)65-34-64-48)30-45(57-69-54(2,3)4)43-28-38(11-7-9-23-59)42(12-8-10-24-60)51(52(43)55)44-29-41(19-22-47(44)68-55)67-40-18-21-46(63-5)39(27-40)33-61/h6,13-22,26-29,33,38,42,50-52,59-60H,1,7-12,23-25,30,32,34H2,2-5H3/t38-,42+,50-,51+,52+,55+/m0/s1. The van der Waals surface area contributed by atoms with Crippen LogP contribution in [0, 0.1) is 29.1 Å². The summed E-state index contributed by atoms with van der Waals surface area (Å²) >= 11 is 0. The first-order valence-electron chi connectivity index (χ1n) is 23.7. The highest BCUT2D eigenvalue weighted by molar-refractivity contribution is 6.03. The zero-order valence-corrected chi connectivity index (χ0v) is 39.7. The maximum atomic E-state index is 15.5. The molecule has 0 bridgehead atoms. The van der Waals surface area contributed by atoms with E-state index in [2.05, 4.69) is 18.7 Å². The van der Waals surface area contributed by atoms with Crippen molar-refractivity contribution in [3.8, 4) is 40.6 Å². The zero-order chi connectivity index (χ0) is 48.7. The lowest BCUT2D eigenvalue weighted by Gasteiger charge is -2.60. The highest BCUT2D eigenvalue weighted by Gasteiger charge is 2.65. The molecule has 4 aromatic carbocycles. The lowest BCUT2D eigenvalue weighted by Crippen LogP contribution is -2.70. The summed E-state index contributed by atoms with van der Waals surface area (Å²) in [6.45, 7) is 10.2. The zero-order valence-electron chi connectivity index (χ0n) is 39.7. The van der Waals surface area contributed by atoms with Gasteiger partial charge in [0.2, 0.25) is 12.6 Å². The molecule has 2 aliphatic carbocycles. The van der Waals surface area contributed by atoms with Crippen LogP contribution in [0.2, 0.25) is 0 Å². The van der Waals surface area contributed by atoms with E-state index in [0.717, 1.165) is 48.7 Å². The van der Waals surface area contributed by atoms with E-state index in [1.807, 2.05) is 57.2 Å². The SMILES string of the molecule is C=CCO[C@@]12Oc3ccc(Oc4ccc(OC)c(C=O)c4)cc3[C@H]3[C@H](CCCCO)[C@@H](CCCCO)C=C(C(=NOC(C)(C)C)C[C@@H]1N(Cc1ccc4c(c1)OCO4)C(=O)c1ccc(C#N)cc1)[C@H]32. The molecule has 14 nitrogen and oxygen atoms in total. The Hall–Kier alpha value is -6.66. The van der Waals surface area contributed by atoms with Crippen molar-refractivity contribution in [1.29, 1.82) is 5.26 Å². The minimum Gasteiger partial charge on any atom is -0.496 e. The molecular formula is C55H61N3O11. The number of ether oxygens (including phenoxy) is 6. The van der Waals surface area contributed by atoms with Crippen LogP contribution in [0.25, 0.3) is 0 Å². The van der Waals surface area contributed by atoms with Crippen molar-refractivity contribution in [2.24, 2.45) is 22.9 Å². The average Bonchev–Trinajstić information content (AvgIpc) is 3.83. The van der Waals surface area contributed by atoms with Crippen LogP contribution in [0.15, 0.2) is 108 Å². The fourth-order valence-corrected chi connectivity index (χ4v) is 10.3. The molecule has 0 spiro atoms. The molecule has 8 rings (SSSR count). The van der Waals surface area contributed by atoms with Crippen molar-refractivity contribution >= 4 is 17.9 Å². The smallest absolute Gasteiger partial charge is 0.254 e. The van der Waals surface area contributed by atoms with E-state index < -0.39 is 23.3 Å². The molecule has 69 heavy (non-hydrogen) atoms. The number of amides is 1. The van der Waals surface area contributed by atoms with Crippen LogP contribution < -0.4 is 23.7 Å². The topological polar surface area (TPSA) is 179 Å². The summed E-state index contributed by atoms with van der Waals surface area (Å²) in [5, 5.41) is 34.8. The van der Waals surface area contributed by atoms with E-state index in [0.29, 0.717) is 69.7 Å². The first-order valence-corrected chi connectivity index (χ1v) is 23.7. The minimum absolute atomic E-state index is 0.00253. The Balaban J connectivity index is 1.37. The Morgan fingerprint density at radius 1 is 0.942 bits per heavy atom. The third-order valence-corrected chi connectivity index (χ3v) is 13.3. The van der Waals surface area contributed by atoms with Gasteiger partial charge in [-0.25, -0.2) is 0 Å². The Bertz CT molecular complexity index is 2610. The van der Waals surface area contributed by atoms with Gasteiger partial charge in [-0.3, -0.25) is 9.59 Å². The Kier molecular flexibility index (Phi) is 15.1. The molecule has 4 aromatic rings. The van der Waals surface area contributed by atoms with E-state index in [1.54, 1.807) is 53.4 Å². The molecule has 0 saturated heterocycles. The average molecular weight is 940 g/mol. The van der Waals surface area contributed by atoms with Gasteiger partial charge in [0.25, 0.3) is 5.91 Å². The molecule has 1 saturated carbocycles. The number of aliphatic hydroxyl groups is 2. The number of carbonyl (C=O) groups excluding carboxylic acids is 2. The third kappa shape index (κ3) is 10.4. The lowest BCUT2D eigenvalue weighted by molar-refractivity contribution is -0.255. The van der Waals surface area contributed by atoms with Crippen LogP contribution in [0.4, 0.5) is 0 Å². The molecule has 2 heterocycles. The first-order chi connectivity index (χ1) is 33.4. The largest absolute Gasteiger partial charge is 0.496 e. The lowest BCUT2D eigenvalue weighted by atomic mass is 9.55. The van der Waals surface area contributed by atoms with E-state index in [9.17, 15) is 20.3 Å². The van der Waals surface area contributed by atoms with Crippen molar-refractivity contribution in [2.45, 2.75) is 95.6 Å². The molecule has 362 valence electrons. The maximum Gasteiger partial charge on any atom is 0.254 e. The van der Waals surface area contributed by atoms with Crippen LogP contribution in [0.1, 0.15) is 109 Å². The second kappa shape index (κ2) is 21.3. The monoisotopic (exact) mass is 939 g/mol. The number of aldehydes is 1. The van der Waals surface area contributed by atoms with Crippen molar-refractivity contribution in [2.75, 3.05) is 33.7 Å². The molecule has 1 fully saturated rings. The van der Waals surface area contributed by atoms with Crippen LogP contribution in [0.5, 0.6) is 34.5 Å². The first kappa shape index (κ1) is 48.8. The predicted molar refractivity (Wildman–Crippen MR) is 258 cm³/mol. The normalized spacial score (nSPS) is 22.5. The van der Waals surface area contributed by atoms with Gasteiger partial charge in [0.1, 0.15) is 34.6 Å². The van der Waals surface area contributed by atoms with Crippen molar-refractivity contribution < 1.29 is 53.1 Å². The number of oxime groups is 1. The minimum atomic E-state index is -1.56. The number of rotatable bonds is 20. The molecule has 1 amide bonds. The van der Waals surface area contributed by atoms with Gasteiger partial charge in [-0.15, -0.1) is 6.58 Å². The predicted octanol–water partition coefficient (Wildman–Crippen LogP) is 9.68. The second-order valence-corrected chi connectivity index (χ2v) is 18.9. The van der Waals surface area contributed by atoms with Gasteiger partial charge in [0.15, 0.2) is 17.8 Å². The number of hydrogen-bond acceptors (Lipinski definition) is 13. The quantitative estimate of drug-likeness (QED) is 0.0372. The molecule has 6 atom stereocenters. The fraction of sp³-hybridized carbons (Fsp3) is 0.418. The van der Waals surface area contributed by atoms with Crippen LogP contribution in [-0.2, 0) is 16.1 Å². The van der Waals surface area contributed by atoms with E-state index in [-0.39, 0.29) is 63.2 Å². The molecule has 0 aromatic heterocycles. The van der Waals surface area contributed by atoms with E-state index >= 15 is 4.79 Å². The number of methoxy groups -OCH3 is 1. The number of nitriles is 1. The van der Waals surface area contributed by atoms with Crippen molar-refractivity contribution in [3.05, 3.63) is 131 Å². The van der Waals surface area contributed by atoms with Gasteiger partial charge in [0, 0.05) is 43.2 Å². The number of fused-ring (bicyclic) bond motifs is 3. The third-order valence-electron chi connectivity index (χ3n) is 13.3. The van der Waals surface area contributed by atoms with E-state index in [1.165, 1.54) is 7.11 Å². The molecule has 2 aliphatic heterocycles. The van der Waals surface area contributed by atoms with Crippen molar-refractivity contribution in [3.63, 3.8) is 0 Å². The van der Waals surface area contributed by atoms with Crippen LogP contribution >= 0.6 is 0 Å². The summed E-state index contributed by atoms with van der Waals surface area (Å²) in [6.07, 6.45) is 9.13. The summed E-state index contributed by atoms with van der Waals surface area (Å²) in [6, 6.07) is 24.3. The van der Waals surface area contributed by atoms with Crippen molar-refractivity contribution in [1.82, 2.24) is 4.90 Å². The Morgan fingerprint density at radius 2 is 1.67 bits per heavy atom. The maximum absolute atomic E-state index is 15.5. The Morgan fingerprint density at radius 3 is 2.38 bits per heavy atom. The van der Waals surface area contributed by atoms with E-state index in [4.69, 9.17) is 38.4 Å². The number of carbonyl (C=O) groups is 2. The molecule has 14 heteroatoms. The summed E-state index contributed by atoms with van der Waals surface area (Å²) in [7, 11) is 1.51. The number of hydrogen-bond donors (Lipinski definition) is 2.